The van der Waals surface area contributed by atoms with E-state index in [1.54, 1.807) is 0 Å². The Morgan fingerprint density at radius 3 is 2.15 bits per heavy atom. The SMILES string of the molecule is CC(=O)OCC(=O)[C@H]1CC[C@H]2[C@@H]3CCC4CC(OC(C)=O)CC[C@]4(C)[C@H]3CC(OC(C)=O)[C@]12C. The lowest BCUT2D eigenvalue weighted by Gasteiger charge is -2.62. The standard InChI is InChI=1S/C27H40O7/c1-15(28)32-14-24(31)22-9-8-21-20-7-6-18-12-19(33-16(2)29)10-11-26(18,4)23(20)13-25(27(21,22)5)34-17(3)30/h18-23,25H,6-14H2,1-5H3/t18?,19?,20-,21-,22+,23-,25?,26-,27-/m0/s1. The number of rotatable bonds is 5. The molecule has 4 aliphatic carbocycles. The van der Waals surface area contributed by atoms with Gasteiger partial charge in [0, 0.05) is 32.1 Å². The molecule has 0 radical (unpaired) electrons. The van der Waals surface area contributed by atoms with Crippen molar-refractivity contribution in [3.05, 3.63) is 0 Å². The second-order valence-corrected chi connectivity index (χ2v) is 11.7. The van der Waals surface area contributed by atoms with E-state index in [-0.39, 0.29) is 47.9 Å². The molecule has 190 valence electrons. The van der Waals surface area contributed by atoms with E-state index in [0.29, 0.717) is 23.7 Å². The summed E-state index contributed by atoms with van der Waals surface area (Å²) in [7, 11) is 0. The summed E-state index contributed by atoms with van der Waals surface area (Å²) >= 11 is 0. The summed E-state index contributed by atoms with van der Waals surface area (Å²) < 4.78 is 16.6. The molecule has 0 aromatic carbocycles. The molecule has 0 bridgehead atoms. The third-order valence-electron chi connectivity index (χ3n) is 10.1. The number of hydrogen-bond donors (Lipinski definition) is 0. The highest BCUT2D eigenvalue weighted by atomic mass is 16.5. The van der Waals surface area contributed by atoms with Gasteiger partial charge in [-0.1, -0.05) is 13.8 Å². The molecule has 0 amide bonds. The van der Waals surface area contributed by atoms with Crippen LogP contribution in [0.15, 0.2) is 0 Å². The van der Waals surface area contributed by atoms with Crippen molar-refractivity contribution >= 4 is 23.7 Å². The minimum absolute atomic E-state index is 0.00000596. The Kier molecular flexibility index (Phi) is 6.87. The molecular formula is C27H40O7. The van der Waals surface area contributed by atoms with Crippen molar-refractivity contribution in [2.75, 3.05) is 6.61 Å². The van der Waals surface area contributed by atoms with E-state index in [4.69, 9.17) is 14.2 Å². The van der Waals surface area contributed by atoms with Crippen LogP contribution in [0.4, 0.5) is 0 Å². The number of carbonyl (C=O) groups excluding carboxylic acids is 4. The summed E-state index contributed by atoms with van der Waals surface area (Å²) in [4.78, 5) is 48.2. The Morgan fingerprint density at radius 2 is 1.50 bits per heavy atom. The Morgan fingerprint density at radius 1 is 0.794 bits per heavy atom. The van der Waals surface area contributed by atoms with Gasteiger partial charge in [0.15, 0.2) is 5.78 Å². The van der Waals surface area contributed by atoms with Crippen LogP contribution in [0.3, 0.4) is 0 Å². The van der Waals surface area contributed by atoms with E-state index in [1.165, 1.54) is 20.8 Å². The van der Waals surface area contributed by atoms with Gasteiger partial charge in [-0.05, 0) is 80.5 Å². The molecule has 4 fully saturated rings. The molecule has 0 aliphatic heterocycles. The second kappa shape index (κ2) is 9.27. The van der Waals surface area contributed by atoms with Crippen molar-refractivity contribution in [1.29, 1.82) is 0 Å². The number of esters is 3. The topological polar surface area (TPSA) is 96.0 Å². The minimum atomic E-state index is -0.455. The van der Waals surface area contributed by atoms with Crippen molar-refractivity contribution in [3.63, 3.8) is 0 Å². The van der Waals surface area contributed by atoms with Gasteiger partial charge in [0.1, 0.15) is 18.8 Å². The highest BCUT2D eigenvalue weighted by Gasteiger charge is 2.65. The van der Waals surface area contributed by atoms with Gasteiger partial charge in [-0.2, -0.15) is 0 Å². The smallest absolute Gasteiger partial charge is 0.303 e. The summed E-state index contributed by atoms with van der Waals surface area (Å²) in [5.74, 6) is 0.375. The van der Waals surface area contributed by atoms with E-state index in [9.17, 15) is 19.2 Å². The monoisotopic (exact) mass is 476 g/mol. The number of fused-ring (bicyclic) bond motifs is 5. The molecule has 4 saturated carbocycles. The van der Waals surface area contributed by atoms with Gasteiger partial charge >= 0.3 is 17.9 Å². The van der Waals surface area contributed by atoms with Crippen LogP contribution in [0, 0.1) is 40.4 Å². The lowest BCUT2D eigenvalue weighted by Crippen LogP contribution is -2.60. The van der Waals surface area contributed by atoms with Crippen LogP contribution in [0.1, 0.15) is 86.0 Å². The van der Waals surface area contributed by atoms with E-state index in [2.05, 4.69) is 13.8 Å². The van der Waals surface area contributed by atoms with Crippen molar-refractivity contribution in [2.24, 2.45) is 40.4 Å². The Bertz CT molecular complexity index is 852. The fourth-order valence-electron chi connectivity index (χ4n) is 8.67. The van der Waals surface area contributed by atoms with E-state index >= 15 is 0 Å². The largest absolute Gasteiger partial charge is 0.463 e. The summed E-state index contributed by atoms with van der Waals surface area (Å²) in [6, 6.07) is 0. The predicted octanol–water partition coefficient (Wildman–Crippen LogP) is 4.25. The molecule has 0 aromatic heterocycles. The highest BCUT2D eigenvalue weighted by molar-refractivity contribution is 5.85. The van der Waals surface area contributed by atoms with Crippen LogP contribution >= 0.6 is 0 Å². The van der Waals surface area contributed by atoms with E-state index in [0.717, 1.165) is 51.4 Å². The summed E-state index contributed by atoms with van der Waals surface area (Å²) in [5, 5.41) is 0. The first-order valence-corrected chi connectivity index (χ1v) is 13.0. The highest BCUT2D eigenvalue weighted by Crippen LogP contribution is 2.68. The normalized spacial score (nSPS) is 43.0. The van der Waals surface area contributed by atoms with Crippen LogP contribution in [-0.4, -0.2) is 42.5 Å². The van der Waals surface area contributed by atoms with E-state index in [1.807, 2.05) is 0 Å². The van der Waals surface area contributed by atoms with Gasteiger partial charge in [-0.3, -0.25) is 19.2 Å². The van der Waals surface area contributed by atoms with Crippen LogP contribution in [0.5, 0.6) is 0 Å². The molecule has 0 saturated heterocycles. The summed E-state index contributed by atoms with van der Waals surface area (Å²) in [6.45, 7) is 8.57. The molecule has 4 rings (SSSR count). The van der Waals surface area contributed by atoms with E-state index < -0.39 is 11.4 Å². The first kappa shape index (κ1) is 25.2. The zero-order chi connectivity index (χ0) is 24.8. The number of carbonyl (C=O) groups is 4. The zero-order valence-corrected chi connectivity index (χ0v) is 21.3. The van der Waals surface area contributed by atoms with Gasteiger partial charge in [0.25, 0.3) is 0 Å². The van der Waals surface area contributed by atoms with Crippen molar-refractivity contribution in [1.82, 2.24) is 0 Å². The molecule has 0 N–H and O–H groups in total. The maximum atomic E-state index is 13.2. The van der Waals surface area contributed by atoms with Gasteiger partial charge in [0.2, 0.25) is 0 Å². The number of ketones is 1. The maximum absolute atomic E-state index is 13.2. The lowest BCUT2D eigenvalue weighted by molar-refractivity contribution is -0.196. The average molecular weight is 477 g/mol. The number of hydrogen-bond acceptors (Lipinski definition) is 7. The zero-order valence-electron chi connectivity index (χ0n) is 21.3. The molecule has 7 nitrogen and oxygen atoms in total. The molecule has 4 aliphatic rings. The Hall–Kier alpha value is -1.92. The summed E-state index contributed by atoms with van der Waals surface area (Å²) in [5.41, 5.74) is -0.332. The summed E-state index contributed by atoms with van der Waals surface area (Å²) in [6.07, 6.45) is 7.10. The van der Waals surface area contributed by atoms with Crippen LogP contribution in [-0.2, 0) is 33.4 Å². The van der Waals surface area contributed by atoms with Gasteiger partial charge in [-0.15, -0.1) is 0 Å². The first-order valence-electron chi connectivity index (χ1n) is 13.0. The van der Waals surface area contributed by atoms with Crippen molar-refractivity contribution < 1.29 is 33.4 Å². The maximum Gasteiger partial charge on any atom is 0.303 e. The van der Waals surface area contributed by atoms with Gasteiger partial charge in [-0.25, -0.2) is 0 Å². The quantitative estimate of drug-likeness (QED) is 0.432. The van der Waals surface area contributed by atoms with Crippen LogP contribution < -0.4 is 0 Å². The third kappa shape index (κ3) is 4.28. The third-order valence-corrected chi connectivity index (χ3v) is 10.1. The molecule has 7 heteroatoms. The molecule has 0 aromatic rings. The molecule has 0 heterocycles. The predicted molar refractivity (Wildman–Crippen MR) is 123 cm³/mol. The lowest BCUT2D eigenvalue weighted by atomic mass is 9.44. The van der Waals surface area contributed by atoms with Crippen LogP contribution in [0.2, 0.25) is 0 Å². The van der Waals surface area contributed by atoms with Crippen molar-refractivity contribution in [2.45, 2.75) is 98.2 Å². The molecule has 9 atom stereocenters. The first-order chi connectivity index (χ1) is 16.0. The molecular weight excluding hydrogens is 436 g/mol. The number of Topliss-reactive ketones (excluding diaryl/α,β-unsaturated/α-hetero) is 1. The van der Waals surface area contributed by atoms with Crippen LogP contribution in [0.25, 0.3) is 0 Å². The van der Waals surface area contributed by atoms with Gasteiger partial charge in [0.05, 0.1) is 0 Å². The Balaban J connectivity index is 1.60. The fraction of sp³-hybridized carbons (Fsp3) is 0.852. The second-order valence-electron chi connectivity index (χ2n) is 11.7. The fourth-order valence-corrected chi connectivity index (χ4v) is 8.67. The van der Waals surface area contributed by atoms with Crippen molar-refractivity contribution in [3.8, 4) is 0 Å². The number of ether oxygens (including phenoxy) is 3. The molecule has 34 heavy (non-hydrogen) atoms. The average Bonchev–Trinajstić information content (AvgIpc) is 3.10. The minimum Gasteiger partial charge on any atom is -0.463 e. The van der Waals surface area contributed by atoms with Gasteiger partial charge < -0.3 is 14.2 Å². The molecule has 3 unspecified atom stereocenters. The molecule has 0 spiro atoms. The Labute approximate surface area is 202 Å².